The van der Waals surface area contributed by atoms with Gasteiger partial charge in [-0.1, -0.05) is 42.5 Å². The minimum Gasteiger partial charge on any atom is -0.398 e. The van der Waals surface area contributed by atoms with Crippen molar-refractivity contribution in [2.75, 3.05) is 16.8 Å². The Morgan fingerprint density at radius 3 is 2.62 bits per heavy atom. The van der Waals surface area contributed by atoms with E-state index in [1.807, 2.05) is 61.5 Å². The van der Waals surface area contributed by atoms with Crippen LogP contribution in [0.4, 0.5) is 10.8 Å². The lowest BCUT2D eigenvalue weighted by atomic mass is 10.1. The van der Waals surface area contributed by atoms with Crippen LogP contribution in [0.5, 0.6) is 0 Å². The number of amides is 1. The topological polar surface area (TPSA) is 68.0 Å². The first-order chi connectivity index (χ1) is 11.6. The zero-order chi connectivity index (χ0) is 16.9. The van der Waals surface area contributed by atoms with Gasteiger partial charge in [-0.3, -0.25) is 4.79 Å². The predicted octanol–water partition coefficient (Wildman–Crippen LogP) is 4.43. The van der Waals surface area contributed by atoms with Gasteiger partial charge in [-0.15, -0.1) is 23.1 Å². The maximum Gasteiger partial charge on any atom is 0.236 e. The summed E-state index contributed by atoms with van der Waals surface area (Å²) in [7, 11) is 0. The van der Waals surface area contributed by atoms with Crippen molar-refractivity contribution in [2.45, 2.75) is 11.8 Å². The third kappa shape index (κ3) is 3.96. The number of carbonyl (C=O) groups excluding carboxylic acids is 1. The zero-order valence-corrected chi connectivity index (χ0v) is 14.8. The van der Waals surface area contributed by atoms with Crippen LogP contribution in [0.15, 0.2) is 59.5 Å². The zero-order valence-electron chi connectivity index (χ0n) is 13.2. The van der Waals surface area contributed by atoms with Crippen molar-refractivity contribution in [1.82, 2.24) is 4.98 Å². The standard InChI is InChI=1S/C18H17N3OS2/c1-12-17(13-7-3-2-4-8-13)21-18(24-12)20-16(22)11-23-15-10-6-5-9-14(15)19/h2-10H,11,19H2,1H3,(H,20,21,22). The number of thiazole rings is 1. The van der Waals surface area contributed by atoms with Gasteiger partial charge < -0.3 is 11.1 Å². The molecule has 0 spiro atoms. The number of rotatable bonds is 5. The molecule has 0 saturated heterocycles. The highest BCUT2D eigenvalue weighted by Crippen LogP contribution is 2.30. The van der Waals surface area contributed by atoms with Crippen molar-refractivity contribution in [3.8, 4) is 11.3 Å². The van der Waals surface area contributed by atoms with Crippen LogP contribution < -0.4 is 11.1 Å². The first-order valence-electron chi connectivity index (χ1n) is 7.43. The second-order valence-electron chi connectivity index (χ2n) is 5.16. The van der Waals surface area contributed by atoms with Crippen LogP contribution in [-0.4, -0.2) is 16.6 Å². The molecule has 0 fully saturated rings. The molecule has 0 aliphatic carbocycles. The Morgan fingerprint density at radius 1 is 1.17 bits per heavy atom. The Kier molecular flexibility index (Phi) is 5.17. The number of para-hydroxylation sites is 1. The average molecular weight is 355 g/mol. The maximum atomic E-state index is 12.1. The number of carbonyl (C=O) groups is 1. The average Bonchev–Trinajstić information content (AvgIpc) is 2.95. The fourth-order valence-corrected chi connectivity index (χ4v) is 3.84. The molecule has 2 aromatic carbocycles. The van der Waals surface area contributed by atoms with Crippen LogP contribution in [0.1, 0.15) is 4.88 Å². The second kappa shape index (κ2) is 7.51. The first-order valence-corrected chi connectivity index (χ1v) is 9.23. The minimum atomic E-state index is -0.0865. The summed E-state index contributed by atoms with van der Waals surface area (Å²) in [6, 6.07) is 17.5. The summed E-state index contributed by atoms with van der Waals surface area (Å²) in [5, 5.41) is 3.49. The van der Waals surface area contributed by atoms with Gasteiger partial charge in [-0.25, -0.2) is 4.98 Å². The Hall–Kier alpha value is -2.31. The first kappa shape index (κ1) is 16.5. The van der Waals surface area contributed by atoms with Gasteiger partial charge >= 0.3 is 0 Å². The summed E-state index contributed by atoms with van der Waals surface area (Å²) >= 11 is 2.91. The van der Waals surface area contributed by atoms with Crippen LogP contribution in [0.25, 0.3) is 11.3 Å². The van der Waals surface area contributed by atoms with Gasteiger partial charge in [0.05, 0.1) is 11.4 Å². The molecule has 0 saturated carbocycles. The van der Waals surface area contributed by atoms with Gasteiger partial charge in [0.25, 0.3) is 0 Å². The lowest BCUT2D eigenvalue weighted by Gasteiger charge is -2.04. The predicted molar refractivity (Wildman–Crippen MR) is 102 cm³/mol. The Balaban J connectivity index is 1.64. The molecule has 1 heterocycles. The largest absolute Gasteiger partial charge is 0.398 e. The maximum absolute atomic E-state index is 12.1. The molecule has 0 aliphatic heterocycles. The van der Waals surface area contributed by atoms with Gasteiger partial charge in [0.15, 0.2) is 5.13 Å². The molecule has 24 heavy (non-hydrogen) atoms. The molecular weight excluding hydrogens is 338 g/mol. The molecule has 3 aromatic rings. The summed E-state index contributed by atoms with van der Waals surface area (Å²) in [5.41, 5.74) is 8.54. The fraction of sp³-hybridized carbons (Fsp3) is 0.111. The summed E-state index contributed by atoms with van der Waals surface area (Å²) in [6.45, 7) is 2.01. The van der Waals surface area contributed by atoms with E-state index < -0.39 is 0 Å². The number of anilines is 2. The van der Waals surface area contributed by atoms with Crippen LogP contribution >= 0.6 is 23.1 Å². The third-order valence-corrected chi connectivity index (χ3v) is 5.34. The van der Waals surface area contributed by atoms with E-state index in [0.29, 0.717) is 16.6 Å². The summed E-state index contributed by atoms with van der Waals surface area (Å²) in [6.07, 6.45) is 0. The van der Waals surface area contributed by atoms with E-state index in [1.165, 1.54) is 23.1 Å². The van der Waals surface area contributed by atoms with E-state index in [0.717, 1.165) is 21.0 Å². The molecule has 6 heteroatoms. The van der Waals surface area contributed by atoms with E-state index in [9.17, 15) is 4.79 Å². The Morgan fingerprint density at radius 2 is 1.88 bits per heavy atom. The van der Waals surface area contributed by atoms with Crippen molar-refractivity contribution >= 4 is 39.8 Å². The third-order valence-electron chi connectivity index (χ3n) is 3.37. The number of hydrogen-bond donors (Lipinski definition) is 2. The number of nitrogens with two attached hydrogens (primary N) is 1. The number of benzene rings is 2. The van der Waals surface area contributed by atoms with Crippen molar-refractivity contribution in [1.29, 1.82) is 0 Å². The molecular formula is C18H17N3OS2. The van der Waals surface area contributed by atoms with Gasteiger partial charge in [-0.2, -0.15) is 0 Å². The van der Waals surface area contributed by atoms with E-state index in [4.69, 9.17) is 5.73 Å². The monoisotopic (exact) mass is 355 g/mol. The van der Waals surface area contributed by atoms with Crippen LogP contribution in [0.2, 0.25) is 0 Å². The normalized spacial score (nSPS) is 10.5. The molecule has 1 amide bonds. The molecule has 0 atom stereocenters. The molecule has 1 aromatic heterocycles. The summed E-state index contributed by atoms with van der Waals surface area (Å²) in [5.74, 6) is 0.213. The van der Waals surface area contributed by atoms with Gasteiger partial charge in [0, 0.05) is 21.0 Å². The highest BCUT2D eigenvalue weighted by molar-refractivity contribution is 8.00. The molecule has 0 unspecified atom stereocenters. The van der Waals surface area contributed by atoms with E-state index >= 15 is 0 Å². The number of nitrogens with zero attached hydrogens (tertiary/aromatic N) is 1. The van der Waals surface area contributed by atoms with Gasteiger partial charge in [-0.05, 0) is 19.1 Å². The fourth-order valence-electron chi connectivity index (χ4n) is 2.22. The summed E-state index contributed by atoms with van der Waals surface area (Å²) < 4.78 is 0. The van der Waals surface area contributed by atoms with Crippen LogP contribution in [-0.2, 0) is 4.79 Å². The quantitative estimate of drug-likeness (QED) is 0.525. The van der Waals surface area contributed by atoms with Crippen molar-refractivity contribution in [3.05, 3.63) is 59.5 Å². The number of thioether (sulfide) groups is 1. The Labute approximate surface area is 149 Å². The molecule has 0 bridgehead atoms. The van der Waals surface area contributed by atoms with E-state index in [2.05, 4.69) is 10.3 Å². The molecule has 4 nitrogen and oxygen atoms in total. The van der Waals surface area contributed by atoms with Crippen LogP contribution in [0.3, 0.4) is 0 Å². The number of aryl methyl sites for hydroxylation is 1. The smallest absolute Gasteiger partial charge is 0.236 e. The molecule has 122 valence electrons. The molecule has 3 rings (SSSR count). The summed E-state index contributed by atoms with van der Waals surface area (Å²) in [4.78, 5) is 18.7. The van der Waals surface area contributed by atoms with Crippen molar-refractivity contribution < 1.29 is 4.79 Å². The lowest BCUT2D eigenvalue weighted by molar-refractivity contribution is -0.113. The van der Waals surface area contributed by atoms with Crippen molar-refractivity contribution in [2.24, 2.45) is 0 Å². The van der Waals surface area contributed by atoms with Crippen molar-refractivity contribution in [3.63, 3.8) is 0 Å². The second-order valence-corrected chi connectivity index (χ2v) is 7.38. The highest BCUT2D eigenvalue weighted by atomic mass is 32.2. The molecule has 3 N–H and O–H groups in total. The SMILES string of the molecule is Cc1sc(NC(=O)CSc2ccccc2N)nc1-c1ccccc1. The number of hydrogen-bond acceptors (Lipinski definition) is 5. The molecule has 0 aliphatic rings. The number of nitrogen functional groups attached to an aromatic ring is 1. The number of aromatic nitrogens is 1. The van der Waals surface area contributed by atoms with Gasteiger partial charge in [0.1, 0.15) is 0 Å². The van der Waals surface area contributed by atoms with E-state index in [1.54, 1.807) is 0 Å². The van der Waals surface area contributed by atoms with Crippen LogP contribution in [0, 0.1) is 6.92 Å². The van der Waals surface area contributed by atoms with E-state index in [-0.39, 0.29) is 5.91 Å². The highest BCUT2D eigenvalue weighted by Gasteiger charge is 2.12. The Bertz CT molecular complexity index is 846. The molecule has 0 radical (unpaired) electrons. The lowest BCUT2D eigenvalue weighted by Crippen LogP contribution is -2.13. The minimum absolute atomic E-state index is 0.0865. The van der Waals surface area contributed by atoms with Gasteiger partial charge in [0.2, 0.25) is 5.91 Å². The number of nitrogens with one attached hydrogen (secondary N) is 1.